The Hall–Kier alpha value is -2.22. The molecule has 1 heterocycles. The third-order valence-electron chi connectivity index (χ3n) is 3.42. The fourth-order valence-electron chi connectivity index (χ4n) is 2.10. The predicted octanol–water partition coefficient (Wildman–Crippen LogP) is 3.97. The van der Waals surface area contributed by atoms with Gasteiger partial charge >= 0.3 is 0 Å². The molecule has 0 aliphatic heterocycles. The number of rotatable bonds is 4. The number of aryl methyl sites for hydroxylation is 1. The van der Waals surface area contributed by atoms with Crippen molar-refractivity contribution in [2.75, 3.05) is 0 Å². The Morgan fingerprint density at radius 3 is 2.40 bits per heavy atom. The van der Waals surface area contributed by atoms with Gasteiger partial charge in [0.25, 0.3) is 0 Å². The van der Waals surface area contributed by atoms with Crippen molar-refractivity contribution in [3.8, 4) is 0 Å². The van der Waals surface area contributed by atoms with Crippen LogP contribution in [0.4, 0.5) is 5.13 Å². The van der Waals surface area contributed by atoms with Gasteiger partial charge in [-0.3, -0.25) is 0 Å². The van der Waals surface area contributed by atoms with Crippen LogP contribution < -0.4 is 5.73 Å². The summed E-state index contributed by atoms with van der Waals surface area (Å²) in [5, 5.41) is -0.0142. The Labute approximate surface area is 154 Å². The summed E-state index contributed by atoms with van der Waals surface area (Å²) in [5.74, 6) is 0.241. The Kier molecular flexibility index (Phi) is 4.89. The van der Waals surface area contributed by atoms with Gasteiger partial charge in [0.05, 0.1) is 4.90 Å². The average molecular weight is 392 g/mol. The molecule has 0 fully saturated rings. The molecule has 3 aromatic rings. The van der Waals surface area contributed by atoms with Gasteiger partial charge in [-0.1, -0.05) is 71.0 Å². The maximum Gasteiger partial charge on any atom is 0.226 e. The number of nitrogens with zero attached hydrogens (tertiary/aromatic N) is 2. The van der Waals surface area contributed by atoms with Crippen LogP contribution in [-0.4, -0.2) is 19.2 Å². The summed E-state index contributed by atoms with van der Waals surface area (Å²) in [6.07, 6.45) is 0. The molecule has 25 heavy (non-hydrogen) atoms. The Bertz CT molecular complexity index is 1030. The van der Waals surface area contributed by atoms with Gasteiger partial charge in [-0.05, 0) is 19.1 Å². The van der Waals surface area contributed by atoms with Crippen LogP contribution in [0.3, 0.4) is 0 Å². The second-order valence-corrected chi connectivity index (χ2v) is 8.70. The number of hydrogen-bond acceptors (Lipinski definition) is 5. The average Bonchev–Trinajstić information content (AvgIpc) is 2.97. The molecule has 0 amide bonds. The number of aromatic nitrogens is 1. The normalized spacial score (nSPS) is 12.3. The molecule has 128 valence electrons. The van der Waals surface area contributed by atoms with Crippen molar-refractivity contribution in [1.29, 1.82) is 0 Å². The van der Waals surface area contributed by atoms with Crippen LogP contribution >= 0.6 is 22.9 Å². The first-order valence-electron chi connectivity index (χ1n) is 7.25. The first kappa shape index (κ1) is 17.6. The number of hydrogen-bond donors (Lipinski definition) is 1. The molecule has 0 saturated carbocycles. The molecular formula is C17H14ClN3O2S2. The van der Waals surface area contributed by atoms with Gasteiger partial charge in [-0.2, -0.15) is 0 Å². The van der Waals surface area contributed by atoms with Gasteiger partial charge in [0.2, 0.25) is 15.0 Å². The van der Waals surface area contributed by atoms with Gasteiger partial charge < -0.3 is 5.73 Å². The van der Waals surface area contributed by atoms with E-state index in [1.165, 1.54) is 12.1 Å². The molecule has 2 N–H and O–H groups in total. The Balaban J connectivity index is 1.99. The van der Waals surface area contributed by atoms with E-state index in [0.717, 1.165) is 22.5 Å². The molecule has 2 aromatic carbocycles. The highest BCUT2D eigenvalue weighted by Crippen LogP contribution is 2.35. The standard InChI is InChI=1S/C17H14ClN3O2S2/c1-11-7-9-13(10-8-11)25(22,23)16-14(18)24-17(21-16)20-15(19)12-5-3-2-4-6-12/h2-10H,1H3,(H2,19,20,21). The van der Waals surface area contributed by atoms with Crippen molar-refractivity contribution in [2.24, 2.45) is 10.7 Å². The highest BCUT2D eigenvalue weighted by molar-refractivity contribution is 7.91. The minimum Gasteiger partial charge on any atom is -0.383 e. The molecule has 0 bridgehead atoms. The first-order valence-corrected chi connectivity index (χ1v) is 9.93. The van der Waals surface area contributed by atoms with E-state index in [2.05, 4.69) is 9.98 Å². The molecule has 8 heteroatoms. The molecule has 0 atom stereocenters. The molecule has 0 spiro atoms. The predicted molar refractivity (Wildman–Crippen MR) is 101 cm³/mol. The van der Waals surface area contributed by atoms with Crippen LogP contribution in [-0.2, 0) is 9.84 Å². The number of thiazole rings is 1. The summed E-state index contributed by atoms with van der Waals surface area (Å²) in [6, 6.07) is 15.6. The van der Waals surface area contributed by atoms with E-state index in [1.54, 1.807) is 24.3 Å². The molecule has 0 aliphatic carbocycles. The zero-order valence-corrected chi connectivity index (χ0v) is 15.6. The van der Waals surface area contributed by atoms with Crippen LogP contribution in [0.5, 0.6) is 0 Å². The van der Waals surface area contributed by atoms with Crippen molar-refractivity contribution in [3.63, 3.8) is 0 Å². The van der Waals surface area contributed by atoms with Crippen LogP contribution in [0.2, 0.25) is 4.34 Å². The van der Waals surface area contributed by atoms with Crippen LogP contribution in [0.25, 0.3) is 0 Å². The molecule has 1 aromatic heterocycles. The van der Waals surface area contributed by atoms with E-state index >= 15 is 0 Å². The lowest BCUT2D eigenvalue weighted by molar-refractivity contribution is 0.593. The lowest BCUT2D eigenvalue weighted by Crippen LogP contribution is -2.12. The first-order chi connectivity index (χ1) is 11.9. The molecule has 3 rings (SSSR count). The fraction of sp³-hybridized carbons (Fsp3) is 0.0588. The van der Waals surface area contributed by atoms with Gasteiger partial charge in [-0.15, -0.1) is 0 Å². The zero-order chi connectivity index (χ0) is 18.0. The van der Waals surface area contributed by atoms with Gasteiger partial charge in [0.15, 0.2) is 5.03 Å². The van der Waals surface area contributed by atoms with Crippen LogP contribution in [0.15, 0.2) is 69.5 Å². The number of aliphatic imine (C=N–C) groups is 1. The van der Waals surface area contributed by atoms with Gasteiger partial charge in [0, 0.05) is 5.56 Å². The largest absolute Gasteiger partial charge is 0.383 e. The topological polar surface area (TPSA) is 85.4 Å². The van der Waals surface area contributed by atoms with Crippen molar-refractivity contribution in [1.82, 2.24) is 4.98 Å². The second kappa shape index (κ2) is 6.95. The van der Waals surface area contributed by atoms with Crippen molar-refractivity contribution in [2.45, 2.75) is 16.8 Å². The van der Waals surface area contributed by atoms with Crippen LogP contribution in [0.1, 0.15) is 11.1 Å². The third-order valence-corrected chi connectivity index (χ3v) is 6.50. The maximum atomic E-state index is 12.7. The van der Waals surface area contributed by atoms with E-state index in [1.807, 2.05) is 25.1 Å². The van der Waals surface area contributed by atoms with Crippen molar-refractivity contribution in [3.05, 3.63) is 70.1 Å². The molecule has 5 nitrogen and oxygen atoms in total. The van der Waals surface area contributed by atoms with E-state index in [9.17, 15) is 8.42 Å². The number of amidine groups is 1. The zero-order valence-electron chi connectivity index (χ0n) is 13.2. The summed E-state index contributed by atoms with van der Waals surface area (Å²) in [7, 11) is -3.81. The molecule has 0 aliphatic rings. The van der Waals surface area contributed by atoms with E-state index in [4.69, 9.17) is 17.3 Å². The minimum absolute atomic E-state index is 0.0557. The molecular weight excluding hydrogens is 378 g/mol. The lowest BCUT2D eigenvalue weighted by atomic mass is 10.2. The molecule has 0 radical (unpaired) electrons. The summed E-state index contributed by atoms with van der Waals surface area (Å²) in [5.41, 5.74) is 7.63. The maximum absolute atomic E-state index is 12.7. The smallest absolute Gasteiger partial charge is 0.226 e. The lowest BCUT2D eigenvalue weighted by Gasteiger charge is -2.02. The SMILES string of the molecule is Cc1ccc(S(=O)(=O)c2nc(N=C(N)c3ccccc3)sc2Cl)cc1. The Morgan fingerprint density at radius 1 is 1.12 bits per heavy atom. The number of nitrogens with two attached hydrogens (primary N) is 1. The Morgan fingerprint density at radius 2 is 1.76 bits per heavy atom. The monoisotopic (exact) mass is 391 g/mol. The van der Waals surface area contributed by atoms with E-state index < -0.39 is 9.84 Å². The van der Waals surface area contributed by atoms with Crippen LogP contribution in [0, 0.1) is 6.92 Å². The number of halogens is 1. The van der Waals surface area contributed by atoms with E-state index in [0.29, 0.717) is 0 Å². The van der Waals surface area contributed by atoms with Gasteiger partial charge in [0.1, 0.15) is 10.2 Å². The van der Waals surface area contributed by atoms with Gasteiger partial charge in [-0.25, -0.2) is 18.4 Å². The summed E-state index contributed by atoms with van der Waals surface area (Å²) in [4.78, 5) is 8.40. The summed E-state index contributed by atoms with van der Waals surface area (Å²) < 4.78 is 25.5. The van der Waals surface area contributed by atoms with Crippen molar-refractivity contribution >= 4 is 43.7 Å². The minimum atomic E-state index is -3.81. The fourth-order valence-corrected chi connectivity index (χ4v) is 4.87. The quantitative estimate of drug-likeness (QED) is 0.538. The highest BCUT2D eigenvalue weighted by atomic mass is 35.5. The highest BCUT2D eigenvalue weighted by Gasteiger charge is 2.25. The molecule has 0 saturated heterocycles. The molecule has 0 unspecified atom stereocenters. The summed E-state index contributed by atoms with van der Waals surface area (Å²) >= 11 is 7.08. The number of benzene rings is 2. The number of sulfone groups is 1. The summed E-state index contributed by atoms with van der Waals surface area (Å²) in [6.45, 7) is 1.88. The van der Waals surface area contributed by atoms with E-state index in [-0.39, 0.29) is 25.2 Å². The second-order valence-electron chi connectivity index (χ2n) is 5.25. The third kappa shape index (κ3) is 3.73. The van der Waals surface area contributed by atoms with Crippen molar-refractivity contribution < 1.29 is 8.42 Å².